The second-order valence-corrected chi connectivity index (χ2v) is 7.64. The number of thiazole rings is 1. The molecular formula is C21H20N4O2S. The van der Waals surface area contributed by atoms with Crippen molar-refractivity contribution >= 4 is 34.0 Å². The molecule has 0 radical (unpaired) electrons. The number of hydrogen-bond acceptors (Lipinski definition) is 6. The van der Waals surface area contributed by atoms with Crippen molar-refractivity contribution in [2.75, 3.05) is 23.3 Å². The van der Waals surface area contributed by atoms with E-state index < -0.39 is 0 Å². The van der Waals surface area contributed by atoms with Crippen LogP contribution in [0.2, 0.25) is 0 Å². The molecule has 1 fully saturated rings. The Morgan fingerprint density at radius 2 is 1.82 bits per heavy atom. The second kappa shape index (κ2) is 7.90. The highest BCUT2D eigenvalue weighted by atomic mass is 32.1. The van der Waals surface area contributed by atoms with Gasteiger partial charge in [0.25, 0.3) is 5.91 Å². The van der Waals surface area contributed by atoms with Gasteiger partial charge in [-0.25, -0.2) is 9.97 Å². The minimum absolute atomic E-state index is 0.0732. The summed E-state index contributed by atoms with van der Waals surface area (Å²) in [6, 6.07) is 13.0. The van der Waals surface area contributed by atoms with Crippen molar-refractivity contribution in [1.82, 2.24) is 9.97 Å². The molecule has 4 rings (SSSR count). The topological polar surface area (TPSA) is 75.2 Å². The minimum Gasteiger partial charge on any atom is -0.356 e. The van der Waals surface area contributed by atoms with Crippen LogP contribution in [0.4, 0.5) is 10.9 Å². The van der Waals surface area contributed by atoms with Crippen LogP contribution in [0.25, 0.3) is 11.3 Å². The van der Waals surface area contributed by atoms with Crippen LogP contribution in [0.3, 0.4) is 0 Å². The number of nitrogens with zero attached hydrogens (tertiary/aromatic N) is 3. The smallest absolute Gasteiger partial charge is 0.261 e. The maximum Gasteiger partial charge on any atom is 0.261 e. The molecule has 0 aliphatic carbocycles. The monoisotopic (exact) mass is 392 g/mol. The number of hydrogen-bond donors (Lipinski definition) is 1. The van der Waals surface area contributed by atoms with Crippen LogP contribution in [0.5, 0.6) is 0 Å². The van der Waals surface area contributed by atoms with Gasteiger partial charge in [-0.15, -0.1) is 0 Å². The van der Waals surface area contributed by atoms with E-state index in [-0.39, 0.29) is 11.7 Å². The van der Waals surface area contributed by atoms with Gasteiger partial charge in [0.05, 0.1) is 16.1 Å². The van der Waals surface area contributed by atoms with Crippen molar-refractivity contribution in [2.45, 2.75) is 19.8 Å². The molecule has 0 bridgehead atoms. The zero-order chi connectivity index (χ0) is 19.5. The molecule has 0 unspecified atom stereocenters. The lowest BCUT2D eigenvalue weighted by Gasteiger charge is -2.19. The van der Waals surface area contributed by atoms with Crippen molar-refractivity contribution in [3.05, 3.63) is 59.1 Å². The molecule has 1 aliphatic heterocycles. The minimum atomic E-state index is -0.265. The highest BCUT2D eigenvalue weighted by Gasteiger charge is 2.23. The summed E-state index contributed by atoms with van der Waals surface area (Å²) < 4.78 is 0. The summed E-state index contributed by atoms with van der Waals surface area (Å²) in [5.41, 5.74) is 1.97. The van der Waals surface area contributed by atoms with Gasteiger partial charge in [0.2, 0.25) is 0 Å². The van der Waals surface area contributed by atoms with Crippen LogP contribution < -0.4 is 10.2 Å². The van der Waals surface area contributed by atoms with Gasteiger partial charge in [-0.1, -0.05) is 41.7 Å². The van der Waals surface area contributed by atoms with Crippen molar-refractivity contribution < 1.29 is 9.59 Å². The number of pyridine rings is 1. The second-order valence-electron chi connectivity index (χ2n) is 6.64. The number of Topliss-reactive ketones (excluding diaryl/α,β-unsaturated/α-hetero) is 1. The third kappa shape index (κ3) is 3.66. The first-order valence-corrected chi connectivity index (χ1v) is 10.0. The third-order valence-electron chi connectivity index (χ3n) is 4.65. The molecule has 1 N–H and O–H groups in total. The Balaban J connectivity index is 1.63. The summed E-state index contributed by atoms with van der Waals surface area (Å²) in [7, 11) is 0. The van der Waals surface area contributed by atoms with Gasteiger partial charge in [-0.05, 0) is 25.0 Å². The van der Waals surface area contributed by atoms with Crippen LogP contribution in [0.15, 0.2) is 48.7 Å². The maximum absolute atomic E-state index is 12.9. The number of anilines is 2. The number of rotatable bonds is 5. The molecule has 1 aromatic carbocycles. The average Bonchev–Trinajstić information content (AvgIpc) is 3.39. The first kappa shape index (κ1) is 18.3. The van der Waals surface area contributed by atoms with Gasteiger partial charge >= 0.3 is 0 Å². The molecule has 1 amide bonds. The van der Waals surface area contributed by atoms with Gasteiger partial charge in [-0.2, -0.15) is 0 Å². The Hall–Kier alpha value is -3.06. The van der Waals surface area contributed by atoms with Crippen LogP contribution in [0.1, 0.15) is 39.8 Å². The number of aromatic nitrogens is 2. The zero-order valence-corrected chi connectivity index (χ0v) is 16.3. The lowest BCUT2D eigenvalue weighted by Crippen LogP contribution is -2.24. The van der Waals surface area contributed by atoms with E-state index in [9.17, 15) is 9.59 Å². The zero-order valence-electron chi connectivity index (χ0n) is 15.5. The summed E-state index contributed by atoms with van der Waals surface area (Å²) in [4.78, 5) is 36.6. The van der Waals surface area contributed by atoms with Crippen molar-refractivity contribution in [3.8, 4) is 11.3 Å². The van der Waals surface area contributed by atoms with Gasteiger partial charge in [0.15, 0.2) is 10.9 Å². The van der Waals surface area contributed by atoms with E-state index >= 15 is 0 Å². The fraction of sp³-hybridized carbons (Fsp3) is 0.238. The molecule has 0 saturated carbocycles. The van der Waals surface area contributed by atoms with E-state index in [0.717, 1.165) is 31.5 Å². The van der Waals surface area contributed by atoms with Crippen molar-refractivity contribution in [3.63, 3.8) is 0 Å². The van der Waals surface area contributed by atoms with E-state index in [4.69, 9.17) is 0 Å². The molecule has 28 heavy (non-hydrogen) atoms. The van der Waals surface area contributed by atoms with E-state index in [1.165, 1.54) is 18.3 Å². The highest BCUT2D eigenvalue weighted by molar-refractivity contribution is 7.18. The maximum atomic E-state index is 12.9. The summed E-state index contributed by atoms with van der Waals surface area (Å²) in [5.74, 6) is 0.360. The Morgan fingerprint density at radius 3 is 2.54 bits per heavy atom. The SMILES string of the molecule is CC(=O)c1sc(NC(=O)c2cccnc2N2CCCC2)nc1-c1ccccc1. The lowest BCUT2D eigenvalue weighted by atomic mass is 10.1. The van der Waals surface area contributed by atoms with Crippen LogP contribution in [-0.2, 0) is 0 Å². The predicted molar refractivity (Wildman–Crippen MR) is 111 cm³/mol. The summed E-state index contributed by atoms with van der Waals surface area (Å²) in [6.07, 6.45) is 3.91. The quantitative estimate of drug-likeness (QED) is 0.657. The molecule has 0 spiro atoms. The number of amides is 1. The third-order valence-corrected chi connectivity index (χ3v) is 5.72. The Bertz CT molecular complexity index is 1010. The fourth-order valence-corrected chi connectivity index (χ4v) is 4.20. The Morgan fingerprint density at radius 1 is 1.07 bits per heavy atom. The van der Waals surface area contributed by atoms with Crippen LogP contribution >= 0.6 is 11.3 Å². The highest BCUT2D eigenvalue weighted by Crippen LogP contribution is 2.32. The first-order valence-electron chi connectivity index (χ1n) is 9.22. The molecule has 1 saturated heterocycles. The number of ketones is 1. The molecular weight excluding hydrogens is 372 g/mol. The van der Waals surface area contributed by atoms with Gasteiger partial charge in [0, 0.05) is 31.8 Å². The average molecular weight is 392 g/mol. The molecule has 0 atom stereocenters. The number of benzene rings is 1. The Kier molecular flexibility index (Phi) is 5.16. The fourth-order valence-electron chi connectivity index (χ4n) is 3.32. The summed E-state index contributed by atoms with van der Waals surface area (Å²) >= 11 is 1.20. The normalized spacial score (nSPS) is 13.5. The lowest BCUT2D eigenvalue weighted by molar-refractivity contribution is 0.101. The van der Waals surface area contributed by atoms with Crippen molar-refractivity contribution in [1.29, 1.82) is 0 Å². The number of nitrogens with one attached hydrogen (secondary N) is 1. The van der Waals surface area contributed by atoms with Gasteiger partial charge in [0.1, 0.15) is 5.82 Å². The largest absolute Gasteiger partial charge is 0.356 e. The predicted octanol–water partition coefficient (Wildman–Crippen LogP) is 4.26. The molecule has 1 aliphatic rings. The van der Waals surface area contributed by atoms with E-state index in [0.29, 0.717) is 27.1 Å². The van der Waals surface area contributed by atoms with Gasteiger partial charge < -0.3 is 4.90 Å². The van der Waals surface area contributed by atoms with Crippen molar-refractivity contribution in [2.24, 2.45) is 0 Å². The molecule has 6 nitrogen and oxygen atoms in total. The number of carbonyl (C=O) groups excluding carboxylic acids is 2. The molecule has 3 aromatic rings. The number of carbonyl (C=O) groups is 2. The van der Waals surface area contributed by atoms with E-state index in [1.54, 1.807) is 18.3 Å². The van der Waals surface area contributed by atoms with E-state index in [2.05, 4.69) is 20.2 Å². The molecule has 2 aromatic heterocycles. The molecule has 142 valence electrons. The first-order chi connectivity index (χ1) is 13.6. The Labute approximate surface area is 167 Å². The summed E-state index contributed by atoms with van der Waals surface area (Å²) in [6.45, 7) is 3.32. The standard InChI is InChI=1S/C21H20N4O2S/c1-14(26)18-17(15-8-3-2-4-9-15)23-21(28-18)24-20(27)16-10-7-11-22-19(16)25-12-5-6-13-25/h2-4,7-11H,5-6,12-13H2,1H3,(H,23,24,27). The van der Waals surface area contributed by atoms with E-state index in [1.807, 2.05) is 30.3 Å². The van der Waals surface area contributed by atoms with Crippen LogP contribution in [-0.4, -0.2) is 34.7 Å². The molecule has 7 heteroatoms. The van der Waals surface area contributed by atoms with Crippen LogP contribution in [0, 0.1) is 0 Å². The molecule has 3 heterocycles. The summed E-state index contributed by atoms with van der Waals surface area (Å²) in [5, 5.41) is 3.26. The van der Waals surface area contributed by atoms with Gasteiger partial charge in [-0.3, -0.25) is 14.9 Å².